The molecule has 0 saturated carbocycles. The molecule has 2 atom stereocenters. The van der Waals surface area contributed by atoms with Gasteiger partial charge in [0.15, 0.2) is 0 Å². The summed E-state index contributed by atoms with van der Waals surface area (Å²) in [6.07, 6.45) is 0. The van der Waals surface area contributed by atoms with Crippen LogP contribution in [0.2, 0.25) is 0 Å². The minimum Gasteiger partial charge on any atom is -0.480 e. The zero-order valence-electron chi connectivity index (χ0n) is 7.40. The second kappa shape index (κ2) is 3.86. The maximum absolute atomic E-state index is 10.7. The maximum atomic E-state index is 10.7. The van der Waals surface area contributed by atoms with Crippen LogP contribution in [0.25, 0.3) is 0 Å². The van der Waals surface area contributed by atoms with Gasteiger partial charge in [-0.2, -0.15) is 11.8 Å². The molecule has 2 aliphatic rings. The Morgan fingerprint density at radius 2 is 2.46 bits per heavy atom. The third-order valence-corrected chi connectivity index (χ3v) is 3.76. The summed E-state index contributed by atoms with van der Waals surface area (Å²) < 4.78 is 0. The van der Waals surface area contributed by atoms with Crippen molar-refractivity contribution in [2.75, 3.05) is 31.1 Å². The lowest BCUT2D eigenvalue weighted by atomic mass is 10.1. The predicted octanol–water partition coefficient (Wildman–Crippen LogP) is -0.540. The number of fused-ring (bicyclic) bond motifs is 1. The quantitative estimate of drug-likeness (QED) is 0.598. The van der Waals surface area contributed by atoms with Crippen LogP contribution in [0.1, 0.15) is 0 Å². The summed E-state index contributed by atoms with van der Waals surface area (Å²) in [5, 5.41) is 11.9. The molecule has 13 heavy (non-hydrogen) atoms. The van der Waals surface area contributed by atoms with Gasteiger partial charge in [-0.05, 0) is 0 Å². The van der Waals surface area contributed by atoms with E-state index in [1.807, 2.05) is 11.8 Å². The van der Waals surface area contributed by atoms with Crippen LogP contribution in [-0.2, 0) is 4.79 Å². The number of carboxylic acid groups (broad SMARTS) is 1. The van der Waals surface area contributed by atoms with Gasteiger partial charge in [0, 0.05) is 37.2 Å². The van der Waals surface area contributed by atoms with Crippen molar-refractivity contribution in [1.82, 2.24) is 10.2 Å². The number of carboxylic acids is 1. The lowest BCUT2D eigenvalue weighted by molar-refractivity contribution is -0.141. The number of aliphatic carboxylic acids is 1. The monoisotopic (exact) mass is 202 g/mol. The Hall–Kier alpha value is -0.260. The van der Waals surface area contributed by atoms with E-state index in [9.17, 15) is 4.79 Å². The van der Waals surface area contributed by atoms with Gasteiger partial charge in [0.1, 0.15) is 6.04 Å². The van der Waals surface area contributed by atoms with Gasteiger partial charge in [-0.1, -0.05) is 0 Å². The third-order valence-electron chi connectivity index (χ3n) is 2.66. The average molecular weight is 202 g/mol. The molecule has 2 N–H and O–H groups in total. The Morgan fingerprint density at radius 3 is 3.23 bits per heavy atom. The standard InChI is InChI=1S/C8H14N2O2S/c11-8(12)7-4-10-1-2-13-5-6(10)3-9-7/h6-7,9H,1-5H2,(H,11,12)/t6-,7+/m1/s1. The second-order valence-electron chi connectivity index (χ2n) is 3.52. The first kappa shape index (κ1) is 9.30. The van der Waals surface area contributed by atoms with Gasteiger partial charge in [-0.15, -0.1) is 0 Å². The summed E-state index contributed by atoms with van der Waals surface area (Å²) in [7, 11) is 0. The van der Waals surface area contributed by atoms with E-state index in [0.29, 0.717) is 12.6 Å². The number of rotatable bonds is 1. The molecule has 0 aromatic heterocycles. The van der Waals surface area contributed by atoms with Gasteiger partial charge in [0.2, 0.25) is 0 Å². The Kier molecular flexibility index (Phi) is 2.76. The molecule has 2 saturated heterocycles. The van der Waals surface area contributed by atoms with Crippen LogP contribution >= 0.6 is 11.8 Å². The molecular formula is C8H14N2O2S. The van der Waals surface area contributed by atoms with Crippen molar-refractivity contribution < 1.29 is 9.90 Å². The molecule has 74 valence electrons. The van der Waals surface area contributed by atoms with E-state index >= 15 is 0 Å². The van der Waals surface area contributed by atoms with Crippen molar-refractivity contribution in [3.8, 4) is 0 Å². The first-order chi connectivity index (χ1) is 6.27. The molecule has 2 heterocycles. The summed E-state index contributed by atoms with van der Waals surface area (Å²) in [5.74, 6) is 1.55. The molecule has 4 nitrogen and oxygen atoms in total. The number of piperazine rings is 1. The first-order valence-corrected chi connectivity index (χ1v) is 5.71. The lowest BCUT2D eigenvalue weighted by Crippen LogP contribution is -2.61. The molecule has 2 fully saturated rings. The number of nitrogens with one attached hydrogen (secondary N) is 1. The number of nitrogens with zero attached hydrogens (tertiary/aromatic N) is 1. The Labute approximate surface area is 81.7 Å². The van der Waals surface area contributed by atoms with Gasteiger partial charge >= 0.3 is 5.97 Å². The number of hydrogen-bond donors (Lipinski definition) is 2. The topological polar surface area (TPSA) is 52.6 Å². The predicted molar refractivity (Wildman–Crippen MR) is 52.1 cm³/mol. The van der Waals surface area contributed by atoms with Crippen LogP contribution in [0.15, 0.2) is 0 Å². The van der Waals surface area contributed by atoms with Crippen LogP contribution in [0.3, 0.4) is 0 Å². The highest BCUT2D eigenvalue weighted by atomic mass is 32.2. The molecule has 0 aliphatic carbocycles. The number of carbonyl (C=O) groups is 1. The van der Waals surface area contributed by atoms with Gasteiger partial charge in [0.25, 0.3) is 0 Å². The normalized spacial score (nSPS) is 35.4. The van der Waals surface area contributed by atoms with E-state index in [1.165, 1.54) is 0 Å². The molecular weight excluding hydrogens is 188 g/mol. The second-order valence-corrected chi connectivity index (χ2v) is 4.67. The Bertz CT molecular complexity index is 212. The highest BCUT2D eigenvalue weighted by Crippen LogP contribution is 2.18. The highest BCUT2D eigenvalue weighted by molar-refractivity contribution is 7.99. The fourth-order valence-electron chi connectivity index (χ4n) is 1.86. The molecule has 2 aliphatic heterocycles. The van der Waals surface area contributed by atoms with Gasteiger partial charge in [0.05, 0.1) is 0 Å². The summed E-state index contributed by atoms with van der Waals surface area (Å²) >= 11 is 1.96. The summed E-state index contributed by atoms with van der Waals surface area (Å²) in [5.41, 5.74) is 0. The van der Waals surface area contributed by atoms with Gasteiger partial charge in [-0.3, -0.25) is 9.69 Å². The smallest absolute Gasteiger partial charge is 0.322 e. The molecule has 0 aromatic carbocycles. The van der Waals surface area contributed by atoms with Crippen molar-refractivity contribution in [1.29, 1.82) is 0 Å². The summed E-state index contributed by atoms with van der Waals surface area (Å²) in [6.45, 7) is 2.53. The molecule has 5 heteroatoms. The van der Waals surface area contributed by atoms with Gasteiger partial charge in [-0.25, -0.2) is 0 Å². The minimum atomic E-state index is -0.725. The van der Waals surface area contributed by atoms with Crippen molar-refractivity contribution in [3.63, 3.8) is 0 Å². The van der Waals surface area contributed by atoms with Gasteiger partial charge < -0.3 is 10.4 Å². The van der Waals surface area contributed by atoms with Crippen molar-refractivity contribution in [2.24, 2.45) is 0 Å². The zero-order chi connectivity index (χ0) is 9.26. The van der Waals surface area contributed by atoms with Crippen molar-refractivity contribution >= 4 is 17.7 Å². The molecule has 2 rings (SSSR count). The van der Waals surface area contributed by atoms with Crippen LogP contribution in [0.4, 0.5) is 0 Å². The fourth-order valence-corrected chi connectivity index (χ4v) is 2.99. The largest absolute Gasteiger partial charge is 0.480 e. The molecule has 0 amide bonds. The Morgan fingerprint density at radius 1 is 1.62 bits per heavy atom. The fraction of sp³-hybridized carbons (Fsp3) is 0.875. The van der Waals surface area contributed by atoms with Crippen LogP contribution in [-0.4, -0.2) is 59.2 Å². The van der Waals surface area contributed by atoms with Crippen LogP contribution in [0, 0.1) is 0 Å². The Balaban J connectivity index is 1.95. The zero-order valence-corrected chi connectivity index (χ0v) is 8.22. The number of thioether (sulfide) groups is 1. The van der Waals surface area contributed by atoms with Crippen molar-refractivity contribution in [3.05, 3.63) is 0 Å². The molecule has 0 bridgehead atoms. The van der Waals surface area contributed by atoms with Crippen LogP contribution in [0.5, 0.6) is 0 Å². The summed E-state index contributed by atoms with van der Waals surface area (Å²) in [4.78, 5) is 13.0. The lowest BCUT2D eigenvalue weighted by Gasteiger charge is -2.41. The minimum absolute atomic E-state index is 0.362. The van der Waals surface area contributed by atoms with E-state index in [-0.39, 0.29) is 6.04 Å². The molecule has 0 spiro atoms. The third kappa shape index (κ3) is 1.98. The average Bonchev–Trinajstić information content (AvgIpc) is 2.17. The molecule has 0 unspecified atom stereocenters. The molecule has 0 radical (unpaired) electrons. The van der Waals surface area contributed by atoms with Crippen molar-refractivity contribution in [2.45, 2.75) is 12.1 Å². The molecule has 0 aromatic rings. The van der Waals surface area contributed by atoms with E-state index in [1.54, 1.807) is 0 Å². The first-order valence-electron chi connectivity index (χ1n) is 4.55. The maximum Gasteiger partial charge on any atom is 0.322 e. The van der Waals surface area contributed by atoms with E-state index in [4.69, 9.17) is 5.11 Å². The van der Waals surface area contributed by atoms with E-state index < -0.39 is 5.97 Å². The number of hydrogen-bond acceptors (Lipinski definition) is 4. The SMILES string of the molecule is O=C(O)[C@@H]1CN2CCSC[C@H]2CN1. The van der Waals surface area contributed by atoms with E-state index in [2.05, 4.69) is 10.2 Å². The highest BCUT2D eigenvalue weighted by Gasteiger charge is 2.32. The van der Waals surface area contributed by atoms with E-state index in [0.717, 1.165) is 24.6 Å². The van der Waals surface area contributed by atoms with Crippen LogP contribution < -0.4 is 5.32 Å². The summed E-state index contributed by atoms with van der Waals surface area (Å²) in [6, 6.07) is 0.189.